The zero-order valence-corrected chi connectivity index (χ0v) is 19.8. The van der Waals surface area contributed by atoms with Gasteiger partial charge in [0.05, 0.1) is 22.7 Å². The van der Waals surface area contributed by atoms with E-state index in [2.05, 4.69) is 9.82 Å². The second-order valence-corrected chi connectivity index (χ2v) is 10.8. The number of anilines is 1. The monoisotopic (exact) mass is 467 g/mol. The van der Waals surface area contributed by atoms with Crippen molar-refractivity contribution in [3.05, 3.63) is 77.7 Å². The zero-order chi connectivity index (χ0) is 24.0. The van der Waals surface area contributed by atoms with Crippen LogP contribution in [0.4, 0.5) is 5.69 Å². The van der Waals surface area contributed by atoms with Crippen molar-refractivity contribution >= 4 is 32.5 Å². The number of hydrogen-bond donors (Lipinski definition) is 2. The van der Waals surface area contributed by atoms with Crippen LogP contribution in [0.5, 0.6) is 0 Å². The maximum absolute atomic E-state index is 13.2. The van der Waals surface area contributed by atoms with Gasteiger partial charge in [0.2, 0.25) is 0 Å². The van der Waals surface area contributed by atoms with Gasteiger partial charge in [0, 0.05) is 25.8 Å². The molecule has 0 spiro atoms. The van der Waals surface area contributed by atoms with Crippen molar-refractivity contribution in [2.45, 2.75) is 37.6 Å². The summed E-state index contributed by atoms with van der Waals surface area (Å²) in [4.78, 5) is 13.1. The Morgan fingerprint density at radius 3 is 2.55 bits per heavy atom. The summed E-state index contributed by atoms with van der Waals surface area (Å²) in [6, 6.07) is 15.4. The quantitative estimate of drug-likeness (QED) is 0.435. The van der Waals surface area contributed by atoms with Crippen LogP contribution in [0, 0.1) is 0 Å². The molecule has 0 bridgehead atoms. The molecule has 8 nitrogen and oxygen atoms in total. The number of aromatic nitrogens is 3. The number of nitrogens with one attached hydrogen (secondary N) is 1. The number of carbonyl (C=O) groups is 1. The van der Waals surface area contributed by atoms with E-state index < -0.39 is 15.9 Å². The first-order valence-electron chi connectivity index (χ1n) is 10.5. The Morgan fingerprint density at radius 2 is 1.85 bits per heavy atom. The molecule has 4 rings (SSSR count). The highest BCUT2D eigenvalue weighted by Crippen LogP contribution is 2.25. The van der Waals surface area contributed by atoms with Gasteiger partial charge in [-0.2, -0.15) is 5.10 Å². The molecule has 9 heteroatoms. The van der Waals surface area contributed by atoms with Crippen molar-refractivity contribution in [2.75, 3.05) is 5.73 Å². The summed E-state index contributed by atoms with van der Waals surface area (Å²) in [6.07, 6.45) is 1.98. The average Bonchev–Trinajstić information content (AvgIpc) is 3.32. The Hall–Kier alpha value is -3.59. The normalized spacial score (nSPS) is 12.2. The highest BCUT2D eigenvalue weighted by Gasteiger charge is 2.26. The molecular formula is C24H29N5O3S. The average molecular weight is 468 g/mol. The minimum atomic E-state index is -4.10. The number of nitrogens with zero attached hydrogens (tertiary/aromatic N) is 3. The molecule has 174 valence electrons. The fourth-order valence-electron chi connectivity index (χ4n) is 3.73. The summed E-state index contributed by atoms with van der Waals surface area (Å²) in [5.74, 6) is -0.750. The Bertz CT molecular complexity index is 1470. The minimum Gasteiger partial charge on any atom is -0.399 e. The van der Waals surface area contributed by atoms with Gasteiger partial charge in [0.1, 0.15) is 5.69 Å². The third-order valence-electron chi connectivity index (χ3n) is 5.48. The third kappa shape index (κ3) is 4.49. The van der Waals surface area contributed by atoms with Gasteiger partial charge in [-0.05, 0) is 41.3 Å². The van der Waals surface area contributed by atoms with E-state index in [0.717, 1.165) is 16.5 Å². The number of amides is 1. The van der Waals surface area contributed by atoms with Crippen molar-refractivity contribution < 1.29 is 14.6 Å². The topological polar surface area (TPSA) is 112 Å². The summed E-state index contributed by atoms with van der Waals surface area (Å²) in [6.45, 7) is 6.28. The van der Waals surface area contributed by atoms with Gasteiger partial charge < -0.3 is 10.3 Å². The lowest BCUT2D eigenvalue weighted by atomic mass is 9.92. The molecule has 4 aromatic rings. The van der Waals surface area contributed by atoms with E-state index in [1.54, 1.807) is 16.8 Å². The number of sulfonamides is 1. The van der Waals surface area contributed by atoms with E-state index in [0.29, 0.717) is 17.9 Å². The largest absolute Gasteiger partial charge is 0.399 e. The molecule has 2 heterocycles. The second-order valence-electron chi connectivity index (χ2n) is 9.11. The lowest BCUT2D eigenvalue weighted by Crippen LogP contribution is -2.32. The molecule has 0 aliphatic rings. The first-order valence-corrected chi connectivity index (χ1v) is 12.0. The summed E-state index contributed by atoms with van der Waals surface area (Å²) in [7, 11) is -2.14. The van der Waals surface area contributed by atoms with E-state index in [4.69, 9.17) is 5.73 Å². The molecule has 3 N–H and O–H groups in total. The van der Waals surface area contributed by atoms with Crippen LogP contribution in [0.15, 0.2) is 65.7 Å². The molecule has 0 unspecified atom stereocenters. The number of hydrogen-bond acceptors (Lipinski definition) is 5. The molecule has 0 fully saturated rings. The van der Waals surface area contributed by atoms with Gasteiger partial charge in [-0.25, -0.2) is 13.1 Å². The number of aryl methyl sites for hydroxylation is 1. The van der Waals surface area contributed by atoms with Crippen molar-refractivity contribution in [2.24, 2.45) is 7.05 Å². The number of fused-ring (bicyclic) bond motifs is 1. The van der Waals surface area contributed by atoms with Gasteiger partial charge in [0.15, 0.2) is 0 Å². The maximum Gasteiger partial charge on any atom is 0.283 e. The number of carbonyl (C=O) groups excluding carboxylic acids is 1. The van der Waals surface area contributed by atoms with Gasteiger partial charge in [-0.3, -0.25) is 9.48 Å². The fourth-order valence-corrected chi connectivity index (χ4v) is 4.75. The fraction of sp³-hybridized carbons (Fsp3) is 0.250. The summed E-state index contributed by atoms with van der Waals surface area (Å²) in [5, 5.41) is 5.74. The summed E-state index contributed by atoms with van der Waals surface area (Å²) >= 11 is 0. The Balaban J connectivity index is 0.00000324. The van der Waals surface area contributed by atoms with E-state index in [-0.39, 0.29) is 17.4 Å². The molecule has 0 saturated heterocycles. The molecule has 0 aliphatic carbocycles. The first-order chi connectivity index (χ1) is 15.5. The third-order valence-corrected chi connectivity index (χ3v) is 6.81. The Morgan fingerprint density at radius 1 is 1.12 bits per heavy atom. The zero-order valence-electron chi connectivity index (χ0n) is 19.0. The van der Waals surface area contributed by atoms with Crippen LogP contribution in [0.3, 0.4) is 0 Å². The number of nitrogens with two attached hydrogens (primary N) is 1. The summed E-state index contributed by atoms with van der Waals surface area (Å²) in [5.41, 5.74) is 8.53. The molecule has 2 aromatic carbocycles. The van der Waals surface area contributed by atoms with E-state index in [9.17, 15) is 13.2 Å². The maximum atomic E-state index is 13.2. The number of benzene rings is 2. The van der Waals surface area contributed by atoms with Crippen molar-refractivity contribution in [1.82, 2.24) is 19.1 Å². The first kappa shape index (κ1) is 22.6. The Kier molecular flexibility index (Phi) is 5.53. The van der Waals surface area contributed by atoms with Crippen LogP contribution in [-0.2, 0) is 29.0 Å². The summed E-state index contributed by atoms with van der Waals surface area (Å²) < 4.78 is 31.4. The van der Waals surface area contributed by atoms with E-state index in [1.807, 2.05) is 62.8 Å². The molecule has 33 heavy (non-hydrogen) atoms. The van der Waals surface area contributed by atoms with Crippen molar-refractivity contribution in [3.8, 4) is 0 Å². The molecule has 0 radical (unpaired) electrons. The van der Waals surface area contributed by atoms with Crippen LogP contribution in [-0.4, -0.2) is 28.7 Å². The molecule has 0 atom stereocenters. The van der Waals surface area contributed by atoms with E-state index in [1.165, 1.54) is 18.2 Å². The number of nitrogen functional groups attached to an aromatic ring is 1. The van der Waals surface area contributed by atoms with Crippen LogP contribution in [0.1, 0.15) is 43.9 Å². The van der Waals surface area contributed by atoms with Crippen molar-refractivity contribution in [3.63, 3.8) is 0 Å². The highest BCUT2D eigenvalue weighted by molar-refractivity contribution is 7.90. The molecule has 1 amide bonds. The molecule has 2 aromatic heterocycles. The lowest BCUT2D eigenvalue weighted by molar-refractivity contribution is 0.0971. The predicted octanol–water partition coefficient (Wildman–Crippen LogP) is 3.67. The van der Waals surface area contributed by atoms with Gasteiger partial charge in [0.25, 0.3) is 15.9 Å². The minimum absolute atomic E-state index is 0. The van der Waals surface area contributed by atoms with Gasteiger partial charge in [-0.1, -0.05) is 45.0 Å². The van der Waals surface area contributed by atoms with Crippen LogP contribution >= 0.6 is 0 Å². The molecule has 0 saturated carbocycles. The second kappa shape index (κ2) is 8.08. The number of rotatable bonds is 5. The SMILES string of the molecule is Cn1ccc2cccc(Cn3nc(C(C)(C)C)cc3C(=O)NS(=O)(=O)c3cccc(N)c3)c21.[HH]. The molecular weight excluding hydrogens is 438 g/mol. The highest BCUT2D eigenvalue weighted by atomic mass is 32.2. The molecule has 0 aliphatic heterocycles. The van der Waals surface area contributed by atoms with Crippen LogP contribution in [0.25, 0.3) is 10.9 Å². The number of para-hydroxylation sites is 1. The van der Waals surface area contributed by atoms with Gasteiger partial charge in [-0.15, -0.1) is 0 Å². The van der Waals surface area contributed by atoms with Crippen molar-refractivity contribution in [1.29, 1.82) is 0 Å². The standard InChI is InChI=1S/C24H27N5O3S.H2/c1-24(2,3)21-14-20(23(30)27-33(31,32)19-10-6-9-18(25)13-19)29(26-21)15-17-8-5-7-16-11-12-28(4)22(16)17;/h5-14H,15,25H2,1-4H3,(H,27,30);1H. The van der Waals surface area contributed by atoms with Gasteiger partial charge >= 0.3 is 0 Å². The smallest absolute Gasteiger partial charge is 0.283 e. The lowest BCUT2D eigenvalue weighted by Gasteiger charge is -2.14. The predicted molar refractivity (Wildman–Crippen MR) is 131 cm³/mol. The van der Waals surface area contributed by atoms with Crippen LogP contribution in [0.2, 0.25) is 0 Å². The Labute approximate surface area is 194 Å². The van der Waals surface area contributed by atoms with Crippen LogP contribution < -0.4 is 10.5 Å². The van der Waals surface area contributed by atoms with E-state index >= 15 is 0 Å².